The van der Waals surface area contributed by atoms with Crippen molar-refractivity contribution in [3.63, 3.8) is 0 Å². The summed E-state index contributed by atoms with van der Waals surface area (Å²) in [5.74, 6) is -0.265. The molecule has 0 radical (unpaired) electrons. The number of aromatic nitrogens is 2. The summed E-state index contributed by atoms with van der Waals surface area (Å²) in [4.78, 5) is 12.0. The van der Waals surface area contributed by atoms with Crippen LogP contribution < -0.4 is 15.4 Å². The Balaban J connectivity index is 0.00000264. The quantitative estimate of drug-likeness (QED) is 0.585. The van der Waals surface area contributed by atoms with Crippen LogP contribution in [0.3, 0.4) is 0 Å². The van der Waals surface area contributed by atoms with E-state index in [0.29, 0.717) is 5.69 Å². The Hall–Kier alpha value is -1.16. The number of nitrogens with one attached hydrogen (secondary N) is 3. The molecule has 0 bridgehead atoms. The lowest BCUT2D eigenvalue weighted by Gasteiger charge is -2.22. The molecule has 0 aliphatic carbocycles. The Labute approximate surface area is 142 Å². The second-order valence-corrected chi connectivity index (χ2v) is 7.33. The maximum atomic E-state index is 12.0. The maximum Gasteiger partial charge on any atom is 0.271 e. The highest BCUT2D eigenvalue weighted by molar-refractivity contribution is 7.89. The molecule has 1 atom stereocenters. The number of carbonyl (C=O) groups excluding carboxylic acids is 1. The van der Waals surface area contributed by atoms with Gasteiger partial charge in [0.25, 0.3) is 5.91 Å². The van der Waals surface area contributed by atoms with Crippen molar-refractivity contribution in [1.29, 1.82) is 0 Å². The molecule has 2 heterocycles. The summed E-state index contributed by atoms with van der Waals surface area (Å²) in [5.41, 5.74) is 0.351. The number of hydrogen-bond donors (Lipinski definition) is 3. The number of carbonyl (C=O) groups is 1. The fourth-order valence-electron chi connectivity index (χ4n) is 2.30. The van der Waals surface area contributed by atoms with Crippen LogP contribution in [0.2, 0.25) is 0 Å². The van der Waals surface area contributed by atoms with E-state index in [-0.39, 0.29) is 43.2 Å². The van der Waals surface area contributed by atoms with Crippen molar-refractivity contribution in [3.05, 3.63) is 18.0 Å². The molecule has 1 aliphatic rings. The van der Waals surface area contributed by atoms with Gasteiger partial charge in [0.15, 0.2) is 0 Å². The van der Waals surface area contributed by atoms with Gasteiger partial charge in [-0.15, -0.1) is 12.4 Å². The topological polar surface area (TPSA) is 105 Å². The highest BCUT2D eigenvalue weighted by Gasteiger charge is 2.17. The average molecular weight is 366 g/mol. The van der Waals surface area contributed by atoms with Gasteiger partial charge in [0.05, 0.1) is 11.8 Å². The van der Waals surface area contributed by atoms with E-state index in [0.717, 1.165) is 25.9 Å². The summed E-state index contributed by atoms with van der Waals surface area (Å²) in [6.07, 6.45) is 3.96. The molecular weight excluding hydrogens is 342 g/mol. The van der Waals surface area contributed by atoms with Gasteiger partial charge in [0.2, 0.25) is 10.0 Å². The monoisotopic (exact) mass is 365 g/mol. The highest BCUT2D eigenvalue weighted by atomic mass is 35.5. The van der Waals surface area contributed by atoms with Crippen LogP contribution in [-0.2, 0) is 10.0 Å². The number of nitrogens with zero attached hydrogens (tertiary/aromatic N) is 2. The van der Waals surface area contributed by atoms with E-state index in [1.807, 2.05) is 10.9 Å². The molecule has 2 rings (SSSR count). The molecule has 1 amide bonds. The van der Waals surface area contributed by atoms with E-state index >= 15 is 0 Å². The molecule has 10 heteroatoms. The Morgan fingerprint density at radius 1 is 1.48 bits per heavy atom. The standard InChI is InChI=1S/C13H23N5O3S.ClH/c1-2-22(20,21)16-8-7-15-13(19)12-5-9-18(17-12)11-4-3-6-14-10-11;/h5,9,11,14,16H,2-4,6-8,10H2,1H3,(H,15,19);1H. The van der Waals surface area contributed by atoms with Crippen LogP contribution in [0.1, 0.15) is 36.3 Å². The molecule has 0 saturated carbocycles. The molecule has 1 fully saturated rings. The molecule has 132 valence electrons. The second kappa shape index (κ2) is 9.21. The zero-order chi connectivity index (χ0) is 16.0. The van der Waals surface area contributed by atoms with Crippen molar-refractivity contribution in [2.45, 2.75) is 25.8 Å². The van der Waals surface area contributed by atoms with Gasteiger partial charge >= 0.3 is 0 Å². The third kappa shape index (κ3) is 6.09. The van der Waals surface area contributed by atoms with Crippen LogP contribution in [0, 0.1) is 0 Å². The van der Waals surface area contributed by atoms with Crippen molar-refractivity contribution >= 4 is 28.3 Å². The van der Waals surface area contributed by atoms with E-state index in [9.17, 15) is 13.2 Å². The van der Waals surface area contributed by atoms with Gasteiger partial charge in [-0.3, -0.25) is 9.48 Å². The fraction of sp³-hybridized carbons (Fsp3) is 0.692. The predicted molar refractivity (Wildman–Crippen MR) is 90.4 cm³/mol. The van der Waals surface area contributed by atoms with Gasteiger partial charge in [-0.2, -0.15) is 5.10 Å². The third-order valence-corrected chi connectivity index (χ3v) is 5.00. The summed E-state index contributed by atoms with van der Waals surface area (Å²) in [5, 5.41) is 10.3. The first kappa shape index (κ1) is 19.9. The normalized spacial score (nSPS) is 18.2. The largest absolute Gasteiger partial charge is 0.349 e. The zero-order valence-corrected chi connectivity index (χ0v) is 14.8. The molecule has 1 unspecified atom stereocenters. The van der Waals surface area contributed by atoms with Crippen molar-refractivity contribution in [2.24, 2.45) is 0 Å². The molecule has 1 aliphatic heterocycles. The molecule has 3 N–H and O–H groups in total. The van der Waals surface area contributed by atoms with Crippen molar-refractivity contribution in [2.75, 3.05) is 31.9 Å². The third-order valence-electron chi connectivity index (χ3n) is 3.60. The number of amides is 1. The fourth-order valence-corrected chi connectivity index (χ4v) is 2.91. The summed E-state index contributed by atoms with van der Waals surface area (Å²) in [7, 11) is -3.22. The van der Waals surface area contributed by atoms with Crippen LogP contribution in [-0.4, -0.2) is 56.0 Å². The van der Waals surface area contributed by atoms with E-state index in [4.69, 9.17) is 0 Å². The number of hydrogen-bond acceptors (Lipinski definition) is 5. The van der Waals surface area contributed by atoms with Crippen LogP contribution >= 0.6 is 12.4 Å². The minimum atomic E-state index is -3.22. The van der Waals surface area contributed by atoms with Crippen LogP contribution in [0.25, 0.3) is 0 Å². The van der Waals surface area contributed by atoms with E-state index in [1.165, 1.54) is 0 Å². The summed E-state index contributed by atoms with van der Waals surface area (Å²) in [6, 6.07) is 1.96. The first-order chi connectivity index (χ1) is 10.5. The Kier molecular flexibility index (Phi) is 7.97. The summed E-state index contributed by atoms with van der Waals surface area (Å²) < 4.78 is 26.7. The minimum Gasteiger partial charge on any atom is -0.349 e. The van der Waals surface area contributed by atoms with E-state index in [2.05, 4.69) is 20.5 Å². The predicted octanol–water partition coefficient (Wildman–Crippen LogP) is -0.101. The molecule has 0 aromatic carbocycles. The number of piperidine rings is 1. The lowest BCUT2D eigenvalue weighted by atomic mass is 10.1. The lowest BCUT2D eigenvalue weighted by Crippen LogP contribution is -2.35. The molecule has 1 aromatic rings. The average Bonchev–Trinajstić information content (AvgIpc) is 3.02. The van der Waals surface area contributed by atoms with Crippen LogP contribution in [0.4, 0.5) is 0 Å². The SMILES string of the molecule is CCS(=O)(=O)NCCNC(=O)c1ccn(C2CCCNC2)n1.Cl. The second-order valence-electron chi connectivity index (χ2n) is 5.23. The number of rotatable bonds is 7. The van der Waals surface area contributed by atoms with Crippen molar-refractivity contribution in [1.82, 2.24) is 25.1 Å². The smallest absolute Gasteiger partial charge is 0.271 e. The van der Waals surface area contributed by atoms with Gasteiger partial charge < -0.3 is 10.6 Å². The van der Waals surface area contributed by atoms with Crippen molar-refractivity contribution < 1.29 is 13.2 Å². The van der Waals surface area contributed by atoms with Crippen LogP contribution in [0.15, 0.2) is 12.3 Å². The first-order valence-electron chi connectivity index (χ1n) is 7.53. The molecule has 8 nitrogen and oxygen atoms in total. The van der Waals surface area contributed by atoms with E-state index in [1.54, 1.807) is 13.0 Å². The Morgan fingerprint density at radius 2 is 2.26 bits per heavy atom. The van der Waals surface area contributed by atoms with Crippen LogP contribution in [0.5, 0.6) is 0 Å². The zero-order valence-electron chi connectivity index (χ0n) is 13.1. The van der Waals surface area contributed by atoms with Gasteiger partial charge in [-0.05, 0) is 32.4 Å². The molecule has 1 aromatic heterocycles. The van der Waals surface area contributed by atoms with Gasteiger partial charge in [0.1, 0.15) is 5.69 Å². The van der Waals surface area contributed by atoms with Crippen molar-refractivity contribution in [3.8, 4) is 0 Å². The number of sulfonamides is 1. The van der Waals surface area contributed by atoms with Gasteiger partial charge in [-0.25, -0.2) is 13.1 Å². The molecule has 0 spiro atoms. The van der Waals surface area contributed by atoms with Gasteiger partial charge in [-0.1, -0.05) is 0 Å². The van der Waals surface area contributed by atoms with Gasteiger partial charge in [0, 0.05) is 25.8 Å². The Morgan fingerprint density at radius 3 is 2.91 bits per heavy atom. The molecular formula is C13H24ClN5O3S. The van der Waals surface area contributed by atoms with E-state index < -0.39 is 10.0 Å². The summed E-state index contributed by atoms with van der Waals surface area (Å²) >= 11 is 0. The highest BCUT2D eigenvalue weighted by Crippen LogP contribution is 2.15. The molecule has 1 saturated heterocycles. The maximum absolute atomic E-state index is 12.0. The molecule has 23 heavy (non-hydrogen) atoms. The first-order valence-corrected chi connectivity index (χ1v) is 9.18. The summed E-state index contributed by atoms with van der Waals surface area (Å²) in [6.45, 7) is 3.86. The number of halogens is 1. The minimum absolute atomic E-state index is 0. The lowest BCUT2D eigenvalue weighted by molar-refractivity contribution is 0.0948. The Bertz CT molecular complexity index is 599.